The van der Waals surface area contributed by atoms with Crippen LogP contribution in [0.4, 0.5) is 5.69 Å². The largest absolute Gasteiger partial charge is 0.486 e. The molecule has 0 saturated heterocycles. The van der Waals surface area contributed by atoms with Gasteiger partial charge in [-0.2, -0.15) is 0 Å². The van der Waals surface area contributed by atoms with Gasteiger partial charge in [0.1, 0.15) is 17.4 Å². The summed E-state index contributed by atoms with van der Waals surface area (Å²) in [5, 5.41) is 2.84. The second-order valence-corrected chi connectivity index (χ2v) is 7.90. The third-order valence-electron chi connectivity index (χ3n) is 4.79. The highest BCUT2D eigenvalue weighted by Gasteiger charge is 2.30. The highest BCUT2D eigenvalue weighted by Crippen LogP contribution is 2.32. The molecule has 0 N–H and O–H groups in total. The number of aryl methyl sites for hydroxylation is 1. The summed E-state index contributed by atoms with van der Waals surface area (Å²) in [5.41, 5.74) is 4.29. The fourth-order valence-electron chi connectivity index (χ4n) is 3.46. The van der Waals surface area contributed by atoms with Crippen molar-refractivity contribution in [2.75, 3.05) is 4.90 Å². The maximum Gasteiger partial charge on any atom is 0.233 e. The molecule has 4 rings (SSSR count). The van der Waals surface area contributed by atoms with Crippen LogP contribution in [0.2, 0.25) is 0 Å². The maximum absolute atomic E-state index is 12.9. The lowest BCUT2D eigenvalue weighted by Gasteiger charge is -2.22. The highest BCUT2D eigenvalue weighted by molar-refractivity contribution is 7.09. The van der Waals surface area contributed by atoms with Gasteiger partial charge in [0.05, 0.1) is 12.1 Å². The zero-order chi connectivity index (χ0) is 18.8. The molecule has 138 valence electrons. The van der Waals surface area contributed by atoms with E-state index in [2.05, 4.69) is 18.0 Å². The van der Waals surface area contributed by atoms with Crippen molar-refractivity contribution in [1.82, 2.24) is 4.98 Å². The first-order chi connectivity index (χ1) is 13.1. The molecule has 0 aliphatic carbocycles. The quantitative estimate of drug-likeness (QED) is 0.654. The van der Waals surface area contributed by atoms with Crippen LogP contribution in [0, 0.1) is 6.92 Å². The number of anilines is 1. The van der Waals surface area contributed by atoms with Gasteiger partial charge in [0, 0.05) is 17.1 Å². The second kappa shape index (κ2) is 7.53. The molecule has 1 aliphatic rings. The van der Waals surface area contributed by atoms with Gasteiger partial charge in [-0.25, -0.2) is 4.98 Å². The minimum atomic E-state index is 0.101. The van der Waals surface area contributed by atoms with Crippen molar-refractivity contribution >= 4 is 22.9 Å². The van der Waals surface area contributed by atoms with Crippen LogP contribution >= 0.6 is 11.3 Å². The number of carbonyl (C=O) groups is 1. The molecule has 2 aromatic carbocycles. The summed E-state index contributed by atoms with van der Waals surface area (Å²) in [6, 6.07) is 16.3. The van der Waals surface area contributed by atoms with E-state index in [-0.39, 0.29) is 11.9 Å². The van der Waals surface area contributed by atoms with Crippen LogP contribution in [-0.4, -0.2) is 16.9 Å². The fraction of sp³-hybridized carbons (Fsp3) is 0.273. The zero-order valence-electron chi connectivity index (χ0n) is 15.5. The number of hydrogen-bond acceptors (Lipinski definition) is 4. The summed E-state index contributed by atoms with van der Waals surface area (Å²) >= 11 is 1.54. The van der Waals surface area contributed by atoms with E-state index in [4.69, 9.17) is 4.74 Å². The fourth-order valence-corrected chi connectivity index (χ4v) is 4.17. The number of nitrogens with zero attached hydrogens (tertiary/aromatic N) is 2. The van der Waals surface area contributed by atoms with Crippen molar-refractivity contribution in [1.29, 1.82) is 0 Å². The molecule has 1 amide bonds. The molecule has 27 heavy (non-hydrogen) atoms. The summed E-state index contributed by atoms with van der Waals surface area (Å²) < 4.78 is 5.78. The smallest absolute Gasteiger partial charge is 0.233 e. The predicted octanol–water partition coefficient (Wildman–Crippen LogP) is 4.55. The van der Waals surface area contributed by atoms with Crippen molar-refractivity contribution < 1.29 is 9.53 Å². The second-order valence-electron chi connectivity index (χ2n) is 6.96. The molecule has 0 radical (unpaired) electrons. The SMILES string of the molecule is Cc1ccc(OCc2nc(CC(=O)N3c4ccccc4C[C@@H]3C)cs2)cc1. The van der Waals surface area contributed by atoms with Crippen LogP contribution in [0.1, 0.15) is 28.8 Å². The Balaban J connectivity index is 1.39. The van der Waals surface area contributed by atoms with Gasteiger partial charge < -0.3 is 9.64 Å². The molecule has 3 aromatic rings. The molecule has 5 heteroatoms. The number of hydrogen-bond donors (Lipinski definition) is 0. The predicted molar refractivity (Wildman–Crippen MR) is 108 cm³/mol. The van der Waals surface area contributed by atoms with Gasteiger partial charge in [-0.3, -0.25) is 4.79 Å². The monoisotopic (exact) mass is 378 g/mol. The van der Waals surface area contributed by atoms with Gasteiger partial charge in [-0.05, 0) is 44.0 Å². The summed E-state index contributed by atoms with van der Waals surface area (Å²) in [7, 11) is 0. The first-order valence-electron chi connectivity index (χ1n) is 9.13. The third-order valence-corrected chi connectivity index (χ3v) is 5.66. The Morgan fingerprint density at radius 1 is 1.22 bits per heavy atom. The Hall–Kier alpha value is -2.66. The average molecular weight is 378 g/mol. The van der Waals surface area contributed by atoms with E-state index in [1.807, 2.05) is 59.7 Å². The van der Waals surface area contributed by atoms with Gasteiger partial charge in [0.15, 0.2) is 0 Å². The van der Waals surface area contributed by atoms with Gasteiger partial charge >= 0.3 is 0 Å². The minimum Gasteiger partial charge on any atom is -0.486 e. The van der Waals surface area contributed by atoms with E-state index in [1.165, 1.54) is 22.5 Å². The molecule has 0 bridgehead atoms. The zero-order valence-corrected chi connectivity index (χ0v) is 16.3. The Morgan fingerprint density at radius 2 is 2.00 bits per heavy atom. The Morgan fingerprint density at radius 3 is 2.81 bits per heavy atom. The van der Waals surface area contributed by atoms with Crippen LogP contribution in [-0.2, 0) is 24.2 Å². The third kappa shape index (κ3) is 3.88. The molecule has 4 nitrogen and oxygen atoms in total. The number of thiazole rings is 1. The van der Waals surface area contributed by atoms with Crippen LogP contribution in [0.3, 0.4) is 0 Å². The first-order valence-corrected chi connectivity index (χ1v) is 10.0. The number of rotatable bonds is 5. The van der Waals surface area contributed by atoms with Gasteiger partial charge in [0.2, 0.25) is 5.91 Å². The topological polar surface area (TPSA) is 42.4 Å². The molecule has 1 atom stereocenters. The van der Waals surface area contributed by atoms with Crippen LogP contribution in [0.15, 0.2) is 53.9 Å². The van der Waals surface area contributed by atoms with E-state index in [0.717, 1.165) is 28.6 Å². The molecule has 0 unspecified atom stereocenters. The lowest BCUT2D eigenvalue weighted by molar-refractivity contribution is -0.118. The maximum atomic E-state index is 12.9. The minimum absolute atomic E-state index is 0.101. The van der Waals surface area contributed by atoms with Crippen LogP contribution in [0.5, 0.6) is 5.75 Å². The van der Waals surface area contributed by atoms with Crippen LogP contribution in [0.25, 0.3) is 0 Å². The van der Waals surface area contributed by atoms with Crippen LogP contribution < -0.4 is 9.64 Å². The molecule has 0 spiro atoms. The molecule has 0 fully saturated rings. The summed E-state index contributed by atoms with van der Waals surface area (Å²) in [6.45, 7) is 4.57. The molecular formula is C22H22N2O2S. The van der Waals surface area contributed by atoms with Gasteiger partial charge in [-0.15, -0.1) is 11.3 Å². The number of fused-ring (bicyclic) bond motifs is 1. The molecule has 1 aromatic heterocycles. The molecular weight excluding hydrogens is 356 g/mol. The molecule has 0 saturated carbocycles. The van der Waals surface area contributed by atoms with Crippen molar-refractivity contribution in [3.63, 3.8) is 0 Å². The van der Waals surface area contributed by atoms with Crippen molar-refractivity contribution in [3.8, 4) is 5.75 Å². The Bertz CT molecular complexity index is 949. The normalized spacial score (nSPS) is 15.6. The highest BCUT2D eigenvalue weighted by atomic mass is 32.1. The Kier molecular flexibility index (Phi) is 4.94. The lowest BCUT2D eigenvalue weighted by atomic mass is 10.1. The van der Waals surface area contributed by atoms with E-state index in [9.17, 15) is 4.79 Å². The number of benzene rings is 2. The van der Waals surface area contributed by atoms with Gasteiger partial charge in [0.25, 0.3) is 0 Å². The van der Waals surface area contributed by atoms with Crippen molar-refractivity contribution in [2.45, 2.75) is 39.3 Å². The van der Waals surface area contributed by atoms with E-state index >= 15 is 0 Å². The summed E-state index contributed by atoms with van der Waals surface area (Å²) in [6.07, 6.45) is 1.23. The number of para-hydroxylation sites is 1. The molecule has 1 aliphatic heterocycles. The van der Waals surface area contributed by atoms with Crippen molar-refractivity contribution in [2.24, 2.45) is 0 Å². The summed E-state index contributed by atoms with van der Waals surface area (Å²) in [5.74, 6) is 0.930. The van der Waals surface area contributed by atoms with Gasteiger partial charge in [-0.1, -0.05) is 35.9 Å². The number of carbonyl (C=O) groups excluding carboxylic acids is 1. The van der Waals surface area contributed by atoms with E-state index in [0.29, 0.717) is 13.0 Å². The standard InChI is InChI=1S/C22H22N2O2S/c1-15-7-9-19(10-8-15)26-13-21-23-18(14-27-21)12-22(25)24-16(2)11-17-5-3-4-6-20(17)24/h3-10,14,16H,11-13H2,1-2H3/t16-/m0/s1. The number of aromatic nitrogens is 1. The van der Waals surface area contributed by atoms with E-state index in [1.54, 1.807) is 0 Å². The molecule has 2 heterocycles. The average Bonchev–Trinajstić information content (AvgIpc) is 3.24. The summed E-state index contributed by atoms with van der Waals surface area (Å²) in [4.78, 5) is 19.4. The lowest BCUT2D eigenvalue weighted by Crippen LogP contribution is -2.36. The van der Waals surface area contributed by atoms with Crippen molar-refractivity contribution in [3.05, 3.63) is 75.7 Å². The first kappa shape index (κ1) is 17.7. The Labute approximate surface area is 163 Å². The van der Waals surface area contributed by atoms with E-state index < -0.39 is 0 Å². The number of ether oxygens (including phenoxy) is 1. The number of amides is 1.